The number of hydrogen-bond donors (Lipinski definition) is 2. The van der Waals surface area contributed by atoms with Crippen molar-refractivity contribution in [2.24, 2.45) is 0 Å². The third-order valence-corrected chi connectivity index (χ3v) is 4.67. The van der Waals surface area contributed by atoms with Crippen LogP contribution in [-0.4, -0.2) is 72.6 Å². The number of benzene rings is 1. The Morgan fingerprint density at radius 2 is 1.39 bits per heavy atom. The maximum absolute atomic E-state index is 10.6. The van der Waals surface area contributed by atoms with Crippen LogP contribution in [0.25, 0.3) is 0 Å². The fourth-order valence-electron chi connectivity index (χ4n) is 2.99. The lowest BCUT2D eigenvalue weighted by Gasteiger charge is -2.29. The first-order valence-electron chi connectivity index (χ1n) is 7.97. The van der Waals surface area contributed by atoms with E-state index < -0.39 is 0 Å². The van der Waals surface area contributed by atoms with E-state index >= 15 is 0 Å². The Labute approximate surface area is 141 Å². The summed E-state index contributed by atoms with van der Waals surface area (Å²) < 4.78 is 10.7. The van der Waals surface area contributed by atoms with Crippen molar-refractivity contribution < 1.29 is 19.7 Å². The van der Waals surface area contributed by atoms with Gasteiger partial charge in [-0.15, -0.1) is 0 Å². The van der Waals surface area contributed by atoms with Crippen molar-refractivity contribution in [3.63, 3.8) is 0 Å². The summed E-state index contributed by atoms with van der Waals surface area (Å²) >= 11 is 6.18. The Balaban J connectivity index is 1.79. The minimum Gasteiger partial charge on any atom is -0.507 e. The van der Waals surface area contributed by atoms with Crippen LogP contribution < -0.4 is 0 Å². The normalized spacial score (nSPS) is 20.7. The van der Waals surface area contributed by atoms with Gasteiger partial charge in [-0.2, -0.15) is 0 Å². The van der Waals surface area contributed by atoms with Crippen molar-refractivity contribution in [1.82, 2.24) is 9.80 Å². The molecule has 2 aliphatic heterocycles. The number of nitrogens with zero attached hydrogens (tertiary/aromatic N) is 2. The average molecular weight is 343 g/mol. The summed E-state index contributed by atoms with van der Waals surface area (Å²) in [4.78, 5) is 4.36. The third kappa shape index (κ3) is 4.08. The fraction of sp³-hybridized carbons (Fsp3) is 0.625. The first-order valence-corrected chi connectivity index (χ1v) is 8.35. The number of morpholine rings is 2. The highest BCUT2D eigenvalue weighted by Crippen LogP contribution is 2.38. The molecule has 6 nitrogen and oxygen atoms in total. The average Bonchev–Trinajstić information content (AvgIpc) is 2.58. The Kier molecular flexibility index (Phi) is 5.61. The summed E-state index contributed by atoms with van der Waals surface area (Å²) in [6.07, 6.45) is 0. The van der Waals surface area contributed by atoms with Crippen LogP contribution >= 0.6 is 11.6 Å². The second kappa shape index (κ2) is 7.68. The van der Waals surface area contributed by atoms with E-state index in [-0.39, 0.29) is 16.5 Å². The van der Waals surface area contributed by atoms with Crippen molar-refractivity contribution in [2.75, 3.05) is 52.6 Å². The van der Waals surface area contributed by atoms with Gasteiger partial charge < -0.3 is 19.7 Å². The lowest BCUT2D eigenvalue weighted by atomic mass is 10.1. The minimum absolute atomic E-state index is 0.0265. The quantitative estimate of drug-likeness (QED) is 0.862. The largest absolute Gasteiger partial charge is 0.507 e. The number of rotatable bonds is 4. The van der Waals surface area contributed by atoms with E-state index in [4.69, 9.17) is 21.1 Å². The van der Waals surface area contributed by atoms with Gasteiger partial charge in [0, 0.05) is 44.8 Å². The Morgan fingerprint density at radius 3 is 1.96 bits per heavy atom. The van der Waals surface area contributed by atoms with Crippen molar-refractivity contribution in [1.29, 1.82) is 0 Å². The van der Waals surface area contributed by atoms with Crippen LogP contribution in [0.3, 0.4) is 0 Å². The monoisotopic (exact) mass is 342 g/mol. The molecule has 0 radical (unpaired) electrons. The molecule has 1 aromatic rings. The van der Waals surface area contributed by atoms with Crippen LogP contribution in [0.1, 0.15) is 11.1 Å². The number of ether oxygens (including phenoxy) is 2. The molecule has 0 atom stereocenters. The molecule has 2 saturated heterocycles. The van der Waals surface area contributed by atoms with Gasteiger partial charge in [0.05, 0.1) is 37.0 Å². The van der Waals surface area contributed by atoms with Crippen LogP contribution in [0.2, 0.25) is 5.02 Å². The van der Waals surface area contributed by atoms with Gasteiger partial charge in [0.15, 0.2) is 0 Å². The zero-order chi connectivity index (χ0) is 16.2. The van der Waals surface area contributed by atoms with Crippen LogP contribution in [0.5, 0.6) is 11.5 Å². The number of phenolic OH excluding ortho intramolecular Hbond substituents is 2. The minimum atomic E-state index is -0.0265. The second-order valence-electron chi connectivity index (χ2n) is 5.97. The van der Waals surface area contributed by atoms with Gasteiger partial charge in [0.2, 0.25) is 0 Å². The van der Waals surface area contributed by atoms with Crippen molar-refractivity contribution >= 4 is 11.6 Å². The van der Waals surface area contributed by atoms with Gasteiger partial charge in [0.1, 0.15) is 11.5 Å². The van der Waals surface area contributed by atoms with Gasteiger partial charge in [0.25, 0.3) is 0 Å². The third-order valence-electron chi connectivity index (χ3n) is 4.39. The Hall–Kier alpha value is -1.05. The predicted octanol–water partition coefficient (Wildman–Crippen LogP) is 1.42. The Morgan fingerprint density at radius 1 is 0.870 bits per heavy atom. The van der Waals surface area contributed by atoms with Crippen molar-refractivity contribution in [3.8, 4) is 11.5 Å². The molecule has 23 heavy (non-hydrogen) atoms. The molecule has 1 aromatic carbocycles. The van der Waals surface area contributed by atoms with E-state index in [0.29, 0.717) is 45.1 Å². The standard InChI is InChI=1S/C16H23ClN2O4/c17-14-9-12(10-18-1-5-22-6-2-18)15(20)13(16(14)21)11-19-3-7-23-8-4-19/h9,20-21H,1-8,10-11H2. The van der Waals surface area contributed by atoms with Crippen molar-refractivity contribution in [2.45, 2.75) is 13.1 Å². The lowest BCUT2D eigenvalue weighted by molar-refractivity contribution is 0.0325. The van der Waals surface area contributed by atoms with Crippen LogP contribution in [0, 0.1) is 0 Å². The number of hydrogen-bond acceptors (Lipinski definition) is 6. The molecule has 0 saturated carbocycles. The molecular weight excluding hydrogens is 320 g/mol. The zero-order valence-corrected chi connectivity index (χ0v) is 13.9. The molecule has 2 aliphatic rings. The van der Waals surface area contributed by atoms with E-state index in [2.05, 4.69) is 9.80 Å². The lowest BCUT2D eigenvalue weighted by Crippen LogP contribution is -2.36. The fourth-order valence-corrected chi connectivity index (χ4v) is 3.24. The molecule has 3 rings (SSSR count). The van der Waals surface area contributed by atoms with Gasteiger partial charge in [-0.1, -0.05) is 11.6 Å². The number of aromatic hydroxyl groups is 2. The molecule has 0 bridgehead atoms. The molecule has 0 amide bonds. The first kappa shape index (κ1) is 16.8. The highest BCUT2D eigenvalue weighted by molar-refractivity contribution is 6.32. The number of phenols is 2. The maximum atomic E-state index is 10.6. The zero-order valence-electron chi connectivity index (χ0n) is 13.1. The summed E-state index contributed by atoms with van der Waals surface area (Å²) in [6.45, 7) is 7.04. The molecule has 128 valence electrons. The molecule has 0 unspecified atom stereocenters. The van der Waals surface area contributed by atoms with Crippen molar-refractivity contribution in [3.05, 3.63) is 22.2 Å². The molecule has 0 aliphatic carbocycles. The summed E-state index contributed by atoms with van der Waals surface area (Å²) in [5.41, 5.74) is 1.25. The van der Waals surface area contributed by atoms with E-state index in [1.54, 1.807) is 6.07 Å². The van der Waals surface area contributed by atoms with E-state index in [9.17, 15) is 10.2 Å². The molecule has 2 N–H and O–H groups in total. The summed E-state index contributed by atoms with van der Waals surface area (Å²) in [5.74, 6) is 0.117. The highest BCUT2D eigenvalue weighted by Gasteiger charge is 2.22. The van der Waals surface area contributed by atoms with E-state index in [1.165, 1.54) is 0 Å². The summed E-state index contributed by atoms with van der Waals surface area (Å²) in [5, 5.41) is 21.2. The van der Waals surface area contributed by atoms with Gasteiger partial charge in [-0.25, -0.2) is 0 Å². The first-order chi connectivity index (χ1) is 11.1. The summed E-state index contributed by atoms with van der Waals surface area (Å²) in [6, 6.07) is 1.66. The topological polar surface area (TPSA) is 65.4 Å². The van der Waals surface area contributed by atoms with E-state index in [0.717, 1.165) is 31.7 Å². The maximum Gasteiger partial charge on any atom is 0.142 e. The van der Waals surface area contributed by atoms with Gasteiger partial charge in [-0.3, -0.25) is 9.80 Å². The Bertz CT molecular complexity index is 543. The predicted molar refractivity (Wildman–Crippen MR) is 87.0 cm³/mol. The van der Waals surface area contributed by atoms with Crippen LogP contribution in [0.15, 0.2) is 6.07 Å². The smallest absolute Gasteiger partial charge is 0.142 e. The highest BCUT2D eigenvalue weighted by atomic mass is 35.5. The molecule has 7 heteroatoms. The molecule has 2 heterocycles. The van der Waals surface area contributed by atoms with Crippen LogP contribution in [0.4, 0.5) is 0 Å². The number of halogens is 1. The van der Waals surface area contributed by atoms with E-state index in [1.807, 2.05) is 0 Å². The van der Waals surface area contributed by atoms with Crippen LogP contribution in [-0.2, 0) is 22.6 Å². The molecule has 2 fully saturated rings. The van der Waals surface area contributed by atoms with Gasteiger partial charge in [-0.05, 0) is 6.07 Å². The molecule has 0 spiro atoms. The molecular formula is C16H23ClN2O4. The second-order valence-corrected chi connectivity index (χ2v) is 6.38. The van der Waals surface area contributed by atoms with Gasteiger partial charge >= 0.3 is 0 Å². The summed E-state index contributed by atoms with van der Waals surface area (Å²) in [7, 11) is 0. The SMILES string of the molecule is Oc1c(Cl)cc(CN2CCOCC2)c(O)c1CN1CCOCC1. The molecule has 0 aromatic heterocycles.